The minimum atomic E-state index is -0.208. The lowest BCUT2D eigenvalue weighted by molar-refractivity contribution is -0.119. The summed E-state index contributed by atoms with van der Waals surface area (Å²) in [6, 6.07) is 15.2. The Labute approximate surface area is 188 Å². The van der Waals surface area contributed by atoms with Crippen LogP contribution in [0.2, 0.25) is 0 Å². The number of thioether (sulfide) groups is 1. The van der Waals surface area contributed by atoms with E-state index < -0.39 is 0 Å². The molecule has 0 fully saturated rings. The molecule has 9 heteroatoms. The molecule has 5 rings (SSSR count). The molecule has 2 N–H and O–H groups in total. The van der Waals surface area contributed by atoms with Crippen LogP contribution in [-0.4, -0.2) is 31.4 Å². The molecule has 1 amide bonds. The lowest BCUT2D eigenvalue weighted by atomic mass is 10.1. The number of fused-ring (bicyclic) bond motifs is 1. The van der Waals surface area contributed by atoms with Crippen molar-refractivity contribution in [2.75, 3.05) is 5.75 Å². The Morgan fingerprint density at radius 3 is 2.78 bits per heavy atom. The maximum atomic E-state index is 12.5. The molecule has 162 valence electrons. The van der Waals surface area contributed by atoms with Crippen molar-refractivity contribution in [3.05, 3.63) is 78.8 Å². The van der Waals surface area contributed by atoms with Crippen LogP contribution in [0.3, 0.4) is 0 Å². The summed E-state index contributed by atoms with van der Waals surface area (Å²) in [5.41, 5.74) is 1.97. The largest absolute Gasteiger partial charge is 0.467 e. The van der Waals surface area contributed by atoms with Gasteiger partial charge in [-0.3, -0.25) is 9.36 Å². The van der Waals surface area contributed by atoms with Crippen molar-refractivity contribution in [1.82, 2.24) is 25.1 Å². The number of para-hydroxylation sites is 1. The smallest absolute Gasteiger partial charge is 0.231 e. The molecule has 0 spiro atoms. The summed E-state index contributed by atoms with van der Waals surface area (Å²) in [5.74, 6) is 2.30. The van der Waals surface area contributed by atoms with Crippen molar-refractivity contribution in [3.63, 3.8) is 0 Å². The number of hydrogen-bond donors (Lipinski definition) is 2. The van der Waals surface area contributed by atoms with E-state index in [0.717, 1.165) is 22.2 Å². The molecule has 1 aromatic carbocycles. The van der Waals surface area contributed by atoms with Gasteiger partial charge in [-0.25, -0.2) is 0 Å². The monoisotopic (exact) mass is 447 g/mol. The number of aromatic amines is 1. The molecule has 5 aromatic rings. The van der Waals surface area contributed by atoms with Gasteiger partial charge in [-0.2, -0.15) is 0 Å². The highest BCUT2D eigenvalue weighted by molar-refractivity contribution is 7.99. The van der Waals surface area contributed by atoms with E-state index in [1.54, 1.807) is 18.6 Å². The molecule has 0 unspecified atom stereocenters. The molecule has 0 bridgehead atoms. The van der Waals surface area contributed by atoms with Gasteiger partial charge in [0.05, 0.1) is 30.9 Å². The van der Waals surface area contributed by atoms with Crippen molar-refractivity contribution >= 4 is 28.6 Å². The zero-order valence-electron chi connectivity index (χ0n) is 17.3. The van der Waals surface area contributed by atoms with Crippen LogP contribution in [-0.2, 0) is 11.3 Å². The summed E-state index contributed by atoms with van der Waals surface area (Å²) < 4.78 is 12.9. The molecular formula is C23H21N5O3S. The lowest BCUT2D eigenvalue weighted by Crippen LogP contribution is -2.28. The summed E-state index contributed by atoms with van der Waals surface area (Å²) in [6.45, 7) is 2.34. The third kappa shape index (κ3) is 4.06. The number of nitrogens with one attached hydrogen (secondary N) is 2. The summed E-state index contributed by atoms with van der Waals surface area (Å²) in [4.78, 5) is 15.8. The Morgan fingerprint density at radius 1 is 1.12 bits per heavy atom. The molecule has 1 atom stereocenters. The number of rotatable bonds is 8. The fourth-order valence-electron chi connectivity index (χ4n) is 3.57. The average molecular weight is 448 g/mol. The van der Waals surface area contributed by atoms with Gasteiger partial charge in [0.25, 0.3) is 0 Å². The number of nitrogens with zero attached hydrogens (tertiary/aromatic N) is 3. The van der Waals surface area contributed by atoms with Gasteiger partial charge in [0.2, 0.25) is 5.91 Å². The van der Waals surface area contributed by atoms with E-state index in [1.807, 2.05) is 60.2 Å². The number of hydrogen-bond acceptors (Lipinski definition) is 6. The van der Waals surface area contributed by atoms with E-state index in [1.165, 1.54) is 11.8 Å². The molecule has 0 saturated heterocycles. The molecule has 0 radical (unpaired) electrons. The quantitative estimate of drug-likeness (QED) is 0.336. The zero-order chi connectivity index (χ0) is 21.9. The SMILES string of the molecule is C[C@@H](NC(=O)CSc1nnc(-c2c[nH]c3ccccc23)n1Cc1ccco1)c1ccco1. The normalized spacial score (nSPS) is 12.3. The first-order valence-electron chi connectivity index (χ1n) is 10.2. The second-order valence-corrected chi connectivity index (χ2v) is 8.26. The van der Waals surface area contributed by atoms with Gasteiger partial charge in [0.1, 0.15) is 11.5 Å². The molecule has 0 aliphatic heterocycles. The third-order valence-electron chi connectivity index (χ3n) is 5.12. The Kier molecular flexibility index (Phi) is 5.55. The van der Waals surface area contributed by atoms with E-state index >= 15 is 0 Å². The van der Waals surface area contributed by atoms with Gasteiger partial charge < -0.3 is 19.1 Å². The average Bonchev–Trinajstić information content (AvgIpc) is 3.60. The van der Waals surface area contributed by atoms with Crippen LogP contribution in [0.25, 0.3) is 22.3 Å². The van der Waals surface area contributed by atoms with Gasteiger partial charge in [0.15, 0.2) is 11.0 Å². The number of amides is 1. The van der Waals surface area contributed by atoms with Gasteiger partial charge >= 0.3 is 0 Å². The highest BCUT2D eigenvalue weighted by Gasteiger charge is 2.20. The first-order chi connectivity index (χ1) is 15.7. The van der Waals surface area contributed by atoms with E-state index in [4.69, 9.17) is 8.83 Å². The Hall–Kier alpha value is -3.72. The first-order valence-corrected chi connectivity index (χ1v) is 11.2. The van der Waals surface area contributed by atoms with Crippen molar-refractivity contribution in [2.45, 2.75) is 24.7 Å². The number of H-pyrrole nitrogens is 1. The number of furan rings is 2. The molecule has 4 heterocycles. The maximum absolute atomic E-state index is 12.5. The van der Waals surface area contributed by atoms with Crippen molar-refractivity contribution in [3.8, 4) is 11.4 Å². The van der Waals surface area contributed by atoms with E-state index in [9.17, 15) is 4.79 Å². The van der Waals surface area contributed by atoms with Crippen LogP contribution in [0.1, 0.15) is 24.5 Å². The topological polar surface area (TPSA) is 102 Å². The van der Waals surface area contributed by atoms with Crippen molar-refractivity contribution in [1.29, 1.82) is 0 Å². The zero-order valence-corrected chi connectivity index (χ0v) is 18.1. The molecule has 0 aliphatic carbocycles. The Bertz CT molecular complexity index is 1320. The van der Waals surface area contributed by atoms with Crippen LogP contribution in [0, 0.1) is 0 Å². The maximum Gasteiger partial charge on any atom is 0.231 e. The fraction of sp³-hybridized carbons (Fsp3) is 0.174. The summed E-state index contributed by atoms with van der Waals surface area (Å²) in [5, 5.41) is 13.5. The molecule has 32 heavy (non-hydrogen) atoms. The van der Waals surface area contributed by atoms with Gasteiger partial charge in [-0.05, 0) is 37.3 Å². The van der Waals surface area contributed by atoms with Crippen molar-refractivity contribution < 1.29 is 13.6 Å². The fourth-order valence-corrected chi connectivity index (χ4v) is 4.32. The molecule has 8 nitrogen and oxygen atoms in total. The van der Waals surface area contributed by atoms with Crippen molar-refractivity contribution in [2.24, 2.45) is 0 Å². The Morgan fingerprint density at radius 2 is 1.97 bits per heavy atom. The minimum Gasteiger partial charge on any atom is -0.467 e. The standard InChI is InChI=1S/C23H21N5O3S/c1-15(20-9-5-11-31-20)25-21(29)14-32-23-27-26-22(28(23)13-16-6-4-10-30-16)18-12-24-19-8-3-2-7-17(18)19/h2-12,15,24H,13-14H2,1H3,(H,25,29)/t15-/m1/s1. The van der Waals surface area contributed by atoms with Crippen LogP contribution >= 0.6 is 11.8 Å². The minimum absolute atomic E-state index is 0.111. The summed E-state index contributed by atoms with van der Waals surface area (Å²) >= 11 is 1.33. The highest BCUT2D eigenvalue weighted by atomic mass is 32.2. The highest BCUT2D eigenvalue weighted by Crippen LogP contribution is 2.30. The molecule has 4 aromatic heterocycles. The second kappa shape index (κ2) is 8.80. The van der Waals surface area contributed by atoms with Crippen LogP contribution in [0.5, 0.6) is 0 Å². The second-order valence-electron chi connectivity index (χ2n) is 7.31. The van der Waals surface area contributed by atoms with Gasteiger partial charge in [-0.15, -0.1) is 10.2 Å². The first kappa shape index (κ1) is 20.2. The lowest BCUT2D eigenvalue weighted by Gasteiger charge is -2.12. The van der Waals surface area contributed by atoms with Crippen LogP contribution in [0.4, 0.5) is 0 Å². The number of carbonyl (C=O) groups is 1. The van der Waals surface area contributed by atoms with E-state index in [0.29, 0.717) is 23.3 Å². The predicted molar refractivity (Wildman–Crippen MR) is 121 cm³/mol. The summed E-state index contributed by atoms with van der Waals surface area (Å²) in [6.07, 6.45) is 5.16. The predicted octanol–water partition coefficient (Wildman–Crippen LogP) is 4.63. The molecular weight excluding hydrogens is 426 g/mol. The number of carbonyl (C=O) groups excluding carboxylic acids is 1. The van der Waals surface area contributed by atoms with Gasteiger partial charge in [-0.1, -0.05) is 30.0 Å². The molecule has 0 aliphatic rings. The number of aromatic nitrogens is 4. The summed E-state index contributed by atoms with van der Waals surface area (Å²) in [7, 11) is 0. The van der Waals surface area contributed by atoms with Gasteiger partial charge in [0, 0.05) is 22.7 Å². The number of benzene rings is 1. The third-order valence-corrected chi connectivity index (χ3v) is 6.09. The molecule has 0 saturated carbocycles. The van der Waals surface area contributed by atoms with Crippen LogP contribution in [0.15, 0.2) is 81.2 Å². The van der Waals surface area contributed by atoms with E-state index in [2.05, 4.69) is 20.5 Å². The van der Waals surface area contributed by atoms with E-state index in [-0.39, 0.29) is 17.7 Å². The van der Waals surface area contributed by atoms with Crippen LogP contribution < -0.4 is 5.32 Å². The Balaban J connectivity index is 1.39.